The van der Waals surface area contributed by atoms with E-state index in [-0.39, 0.29) is 0 Å². The molecular formula is C11H10N2O5. The summed E-state index contributed by atoms with van der Waals surface area (Å²) in [7, 11) is 0. The van der Waals surface area contributed by atoms with Crippen molar-refractivity contribution in [1.82, 2.24) is 0 Å². The number of carbonyl (C=O) groups is 2. The van der Waals surface area contributed by atoms with Crippen molar-refractivity contribution < 1.29 is 24.6 Å². The van der Waals surface area contributed by atoms with Crippen LogP contribution in [0.15, 0.2) is 41.7 Å². The molecule has 0 spiro atoms. The third-order valence-corrected chi connectivity index (χ3v) is 2.42. The van der Waals surface area contributed by atoms with Crippen molar-refractivity contribution in [2.45, 2.75) is 6.17 Å². The van der Waals surface area contributed by atoms with Gasteiger partial charge in [-0.05, 0) is 12.1 Å². The highest BCUT2D eigenvalue weighted by Crippen LogP contribution is 2.29. The molecule has 0 unspecified atom stereocenters. The number of nitrogens with zero attached hydrogens (tertiary/aromatic N) is 1. The maximum atomic E-state index is 11.0. The summed E-state index contributed by atoms with van der Waals surface area (Å²) in [6, 6.07) is 8.41. The lowest BCUT2D eigenvalue weighted by molar-refractivity contribution is -0.138. The second-order valence-electron chi connectivity index (χ2n) is 3.55. The molecule has 0 aromatic heterocycles. The molecule has 7 heteroatoms. The Morgan fingerprint density at radius 2 is 1.78 bits per heavy atom. The Bertz CT molecular complexity index is 525. The number of nitrogens with two attached hydrogens (primary N) is 1. The van der Waals surface area contributed by atoms with Crippen molar-refractivity contribution in [2.75, 3.05) is 5.06 Å². The molecule has 1 aliphatic rings. The number of anilines is 1. The molecule has 1 atom stereocenters. The molecule has 0 saturated carbocycles. The maximum Gasteiger partial charge on any atom is 0.375 e. The maximum absolute atomic E-state index is 11.0. The lowest BCUT2D eigenvalue weighted by Crippen LogP contribution is -2.40. The van der Waals surface area contributed by atoms with Crippen molar-refractivity contribution in [3.63, 3.8) is 0 Å². The number of para-hydroxylation sites is 1. The average Bonchev–Trinajstić information content (AvgIpc) is 2.68. The van der Waals surface area contributed by atoms with Gasteiger partial charge >= 0.3 is 11.9 Å². The summed E-state index contributed by atoms with van der Waals surface area (Å²) < 4.78 is 0. The highest BCUT2D eigenvalue weighted by molar-refractivity contribution is 5.99. The first kappa shape index (κ1) is 11.9. The van der Waals surface area contributed by atoms with Crippen LogP contribution < -0.4 is 10.8 Å². The minimum absolute atomic E-state index is 0.472. The molecule has 4 N–H and O–H groups in total. The van der Waals surface area contributed by atoms with Gasteiger partial charge in [0.2, 0.25) is 0 Å². The Hall–Kier alpha value is -2.54. The predicted molar refractivity (Wildman–Crippen MR) is 60.3 cm³/mol. The zero-order chi connectivity index (χ0) is 13.3. The molecule has 0 amide bonds. The van der Waals surface area contributed by atoms with Crippen LogP contribution in [0.5, 0.6) is 0 Å². The van der Waals surface area contributed by atoms with E-state index >= 15 is 0 Å². The van der Waals surface area contributed by atoms with E-state index in [1.165, 1.54) is 0 Å². The second kappa shape index (κ2) is 4.38. The van der Waals surface area contributed by atoms with Gasteiger partial charge in [0.05, 0.1) is 5.69 Å². The summed E-state index contributed by atoms with van der Waals surface area (Å²) in [5, 5.41) is 18.9. The summed E-state index contributed by atoms with van der Waals surface area (Å²) in [6.07, 6.45) is -1.17. The number of aliphatic carboxylic acids is 2. The first-order valence-electron chi connectivity index (χ1n) is 5.01. The van der Waals surface area contributed by atoms with Crippen LogP contribution in [0.1, 0.15) is 0 Å². The monoisotopic (exact) mass is 250 g/mol. The SMILES string of the molecule is N[C@@H]1C(C(=O)O)=C(C(=O)O)ON1c1ccccc1. The summed E-state index contributed by atoms with van der Waals surface area (Å²) in [5.41, 5.74) is 5.68. The van der Waals surface area contributed by atoms with Crippen molar-refractivity contribution in [2.24, 2.45) is 5.73 Å². The summed E-state index contributed by atoms with van der Waals surface area (Å²) in [6.45, 7) is 0. The number of rotatable bonds is 3. The van der Waals surface area contributed by atoms with Crippen LogP contribution in [-0.2, 0) is 14.4 Å². The van der Waals surface area contributed by atoms with Crippen LogP contribution in [-0.4, -0.2) is 28.3 Å². The standard InChI is InChI=1S/C11H10N2O5/c12-9-7(10(14)15)8(11(16)17)18-13(9)6-4-2-1-3-5-6/h1-5,9H,12H2,(H,14,15)(H,16,17)/t9-/m0/s1. The second-order valence-corrected chi connectivity index (χ2v) is 3.55. The number of carboxylic acids is 2. The zero-order valence-corrected chi connectivity index (χ0v) is 9.11. The quantitative estimate of drug-likeness (QED) is 0.699. The number of hydrogen-bond acceptors (Lipinski definition) is 5. The fourth-order valence-corrected chi connectivity index (χ4v) is 1.62. The Balaban J connectivity index is 2.38. The molecule has 0 bridgehead atoms. The molecule has 18 heavy (non-hydrogen) atoms. The van der Waals surface area contributed by atoms with Crippen molar-refractivity contribution >= 4 is 17.6 Å². The fourth-order valence-electron chi connectivity index (χ4n) is 1.62. The van der Waals surface area contributed by atoms with Gasteiger partial charge in [0.1, 0.15) is 5.57 Å². The average molecular weight is 250 g/mol. The van der Waals surface area contributed by atoms with E-state index in [0.717, 1.165) is 5.06 Å². The van der Waals surface area contributed by atoms with E-state index in [9.17, 15) is 9.59 Å². The summed E-state index contributed by atoms with van der Waals surface area (Å²) in [5.74, 6) is -3.56. The number of hydrogen-bond donors (Lipinski definition) is 3. The van der Waals surface area contributed by atoms with Crippen LogP contribution in [0.25, 0.3) is 0 Å². The molecule has 0 aliphatic carbocycles. The van der Waals surface area contributed by atoms with E-state index < -0.39 is 29.4 Å². The molecule has 0 radical (unpaired) electrons. The largest absolute Gasteiger partial charge is 0.478 e. The molecule has 0 fully saturated rings. The Kier molecular flexibility index (Phi) is 2.90. The minimum atomic E-state index is -1.47. The van der Waals surface area contributed by atoms with E-state index in [2.05, 4.69) is 0 Å². The van der Waals surface area contributed by atoms with Gasteiger partial charge in [0.25, 0.3) is 5.76 Å². The van der Waals surface area contributed by atoms with E-state index in [1.54, 1.807) is 30.3 Å². The van der Waals surface area contributed by atoms with Gasteiger partial charge in [-0.3, -0.25) is 0 Å². The molecule has 1 aliphatic heterocycles. The molecule has 7 nitrogen and oxygen atoms in total. The zero-order valence-electron chi connectivity index (χ0n) is 9.11. The van der Waals surface area contributed by atoms with Crippen LogP contribution in [0.2, 0.25) is 0 Å². The highest BCUT2D eigenvalue weighted by Gasteiger charge is 2.40. The Labute approximate surface area is 102 Å². The van der Waals surface area contributed by atoms with Crippen LogP contribution >= 0.6 is 0 Å². The van der Waals surface area contributed by atoms with Gasteiger partial charge in [-0.15, -0.1) is 0 Å². The summed E-state index contributed by atoms with van der Waals surface area (Å²) in [4.78, 5) is 26.9. The molecule has 94 valence electrons. The normalized spacial score (nSPS) is 18.7. The molecule has 1 aromatic carbocycles. The number of carboxylic acid groups (broad SMARTS) is 2. The van der Waals surface area contributed by atoms with E-state index in [0.29, 0.717) is 5.69 Å². The first-order chi connectivity index (χ1) is 8.52. The van der Waals surface area contributed by atoms with Crippen molar-refractivity contribution in [1.29, 1.82) is 0 Å². The lowest BCUT2D eigenvalue weighted by atomic mass is 10.2. The number of hydroxylamine groups is 1. The smallest absolute Gasteiger partial charge is 0.375 e. The van der Waals surface area contributed by atoms with Crippen LogP contribution in [0, 0.1) is 0 Å². The third kappa shape index (κ3) is 1.87. The van der Waals surface area contributed by atoms with E-state index in [1.807, 2.05) is 0 Å². The fraction of sp³-hybridized carbons (Fsp3) is 0.0909. The molecule has 1 heterocycles. The van der Waals surface area contributed by atoms with Crippen molar-refractivity contribution in [3.05, 3.63) is 41.7 Å². The molecule has 2 rings (SSSR count). The Morgan fingerprint density at radius 1 is 1.17 bits per heavy atom. The lowest BCUT2D eigenvalue weighted by Gasteiger charge is -2.22. The van der Waals surface area contributed by atoms with Crippen LogP contribution in [0.3, 0.4) is 0 Å². The predicted octanol–water partition coefficient (Wildman–Crippen LogP) is 0.146. The first-order valence-corrected chi connectivity index (χ1v) is 5.01. The highest BCUT2D eigenvalue weighted by atomic mass is 16.7. The van der Waals surface area contributed by atoms with Gasteiger partial charge in [-0.2, -0.15) is 5.06 Å². The molecular weight excluding hydrogens is 240 g/mol. The third-order valence-electron chi connectivity index (χ3n) is 2.42. The van der Waals surface area contributed by atoms with Gasteiger partial charge in [-0.1, -0.05) is 18.2 Å². The van der Waals surface area contributed by atoms with Gasteiger partial charge in [0, 0.05) is 0 Å². The van der Waals surface area contributed by atoms with Crippen LogP contribution in [0.4, 0.5) is 5.69 Å². The van der Waals surface area contributed by atoms with Crippen molar-refractivity contribution in [3.8, 4) is 0 Å². The van der Waals surface area contributed by atoms with Gasteiger partial charge < -0.3 is 20.8 Å². The minimum Gasteiger partial charge on any atom is -0.478 e. The topological polar surface area (TPSA) is 113 Å². The summed E-state index contributed by atoms with van der Waals surface area (Å²) >= 11 is 0. The Morgan fingerprint density at radius 3 is 2.22 bits per heavy atom. The van der Waals surface area contributed by atoms with E-state index in [4.69, 9.17) is 20.8 Å². The number of benzene rings is 1. The molecule has 0 saturated heterocycles. The van der Waals surface area contributed by atoms with Gasteiger partial charge in [0.15, 0.2) is 6.17 Å². The molecule has 1 aromatic rings. The van der Waals surface area contributed by atoms with Gasteiger partial charge in [-0.25, -0.2) is 9.59 Å².